The number of para-hydroxylation sites is 2. The molecular weight excluding hydrogens is 235 g/mol. The summed E-state index contributed by atoms with van der Waals surface area (Å²) < 4.78 is 13.5. The first kappa shape index (κ1) is 10.6. The molecule has 0 amide bonds. The minimum atomic E-state index is -0.436. The average Bonchev–Trinajstić information content (AvgIpc) is 2.78. The van der Waals surface area contributed by atoms with E-state index in [1.54, 1.807) is 24.3 Å². The molecule has 0 fully saturated rings. The van der Waals surface area contributed by atoms with Crippen LogP contribution in [0.3, 0.4) is 0 Å². The van der Waals surface area contributed by atoms with E-state index in [-0.39, 0.29) is 17.0 Å². The van der Waals surface area contributed by atoms with Crippen molar-refractivity contribution in [2.75, 3.05) is 0 Å². The maximum Gasteiger partial charge on any atom is 0.168 e. The number of phenols is 2. The second-order valence-electron chi connectivity index (χ2n) is 3.89. The third kappa shape index (κ3) is 1.48. The molecule has 0 aliphatic rings. The van der Waals surface area contributed by atoms with Crippen LogP contribution in [0, 0.1) is 5.82 Å². The molecule has 2 aromatic carbocycles. The van der Waals surface area contributed by atoms with Gasteiger partial charge in [-0.15, -0.1) is 0 Å². The van der Waals surface area contributed by atoms with Gasteiger partial charge in [-0.05, 0) is 24.3 Å². The van der Waals surface area contributed by atoms with Crippen molar-refractivity contribution in [3.8, 4) is 22.9 Å². The third-order valence-corrected chi connectivity index (χ3v) is 2.73. The minimum absolute atomic E-state index is 0.204. The Labute approximate surface area is 101 Å². The molecule has 5 heteroatoms. The van der Waals surface area contributed by atoms with Crippen LogP contribution in [0.2, 0.25) is 0 Å². The fourth-order valence-corrected chi connectivity index (χ4v) is 1.85. The van der Waals surface area contributed by atoms with Crippen LogP contribution >= 0.6 is 0 Å². The van der Waals surface area contributed by atoms with Crippen molar-refractivity contribution in [3.05, 3.63) is 42.2 Å². The lowest BCUT2D eigenvalue weighted by Crippen LogP contribution is -1.82. The number of aromatic hydroxyl groups is 2. The predicted molar refractivity (Wildman–Crippen MR) is 64.8 cm³/mol. The lowest BCUT2D eigenvalue weighted by molar-refractivity contribution is 0.405. The number of H-pyrrole nitrogens is 1. The Morgan fingerprint density at radius 2 is 1.83 bits per heavy atom. The molecule has 3 rings (SSSR count). The number of nitrogens with one attached hydrogen (secondary N) is 1. The van der Waals surface area contributed by atoms with Gasteiger partial charge in [0, 0.05) is 0 Å². The molecule has 0 radical (unpaired) electrons. The Kier molecular flexibility index (Phi) is 2.19. The molecule has 1 aromatic heterocycles. The summed E-state index contributed by atoms with van der Waals surface area (Å²) in [6.45, 7) is 0. The van der Waals surface area contributed by atoms with Gasteiger partial charge < -0.3 is 15.2 Å². The van der Waals surface area contributed by atoms with E-state index in [0.29, 0.717) is 16.9 Å². The molecule has 3 aromatic rings. The Morgan fingerprint density at radius 1 is 1.06 bits per heavy atom. The van der Waals surface area contributed by atoms with Gasteiger partial charge in [0.1, 0.15) is 11.3 Å². The molecule has 0 aliphatic heterocycles. The maximum atomic E-state index is 13.5. The van der Waals surface area contributed by atoms with Crippen LogP contribution in [0.1, 0.15) is 0 Å². The second kappa shape index (κ2) is 3.73. The van der Waals surface area contributed by atoms with Gasteiger partial charge in [-0.1, -0.05) is 12.1 Å². The van der Waals surface area contributed by atoms with E-state index in [1.165, 1.54) is 12.1 Å². The van der Waals surface area contributed by atoms with E-state index < -0.39 is 5.82 Å². The summed E-state index contributed by atoms with van der Waals surface area (Å²) in [6, 6.07) is 9.10. The standard InChI is InChI=1S/C13H9FN2O2/c14-8-4-2-5-9-11(8)16-13(15-9)7-3-1-6-10(17)12(7)18/h1-6,17-18H,(H,15,16). The number of aromatic nitrogens is 2. The highest BCUT2D eigenvalue weighted by molar-refractivity contribution is 5.81. The molecule has 0 saturated heterocycles. The molecule has 0 aliphatic carbocycles. The first-order valence-electron chi connectivity index (χ1n) is 5.32. The summed E-state index contributed by atoms with van der Waals surface area (Å²) in [5, 5.41) is 19.2. The van der Waals surface area contributed by atoms with Gasteiger partial charge in [0.25, 0.3) is 0 Å². The van der Waals surface area contributed by atoms with E-state index in [4.69, 9.17) is 0 Å². The van der Waals surface area contributed by atoms with Crippen LogP contribution in [0.4, 0.5) is 4.39 Å². The fourth-order valence-electron chi connectivity index (χ4n) is 1.85. The van der Waals surface area contributed by atoms with E-state index >= 15 is 0 Å². The molecule has 3 N–H and O–H groups in total. The van der Waals surface area contributed by atoms with Crippen molar-refractivity contribution in [1.82, 2.24) is 9.97 Å². The molecule has 0 spiro atoms. The molecule has 0 bridgehead atoms. The first-order valence-corrected chi connectivity index (χ1v) is 5.32. The number of nitrogens with zero attached hydrogens (tertiary/aromatic N) is 1. The van der Waals surface area contributed by atoms with Crippen molar-refractivity contribution in [1.29, 1.82) is 0 Å². The van der Waals surface area contributed by atoms with Crippen molar-refractivity contribution >= 4 is 11.0 Å². The molecule has 4 nitrogen and oxygen atoms in total. The van der Waals surface area contributed by atoms with E-state index in [0.717, 1.165) is 0 Å². The highest BCUT2D eigenvalue weighted by Gasteiger charge is 2.13. The molecule has 1 heterocycles. The Bertz CT molecular complexity index is 737. The van der Waals surface area contributed by atoms with Crippen molar-refractivity contribution in [3.63, 3.8) is 0 Å². The zero-order valence-electron chi connectivity index (χ0n) is 9.18. The minimum Gasteiger partial charge on any atom is -0.504 e. The molecular formula is C13H9FN2O2. The van der Waals surface area contributed by atoms with Gasteiger partial charge in [0.05, 0.1) is 11.1 Å². The van der Waals surface area contributed by atoms with Crippen LogP contribution in [-0.4, -0.2) is 20.2 Å². The van der Waals surface area contributed by atoms with Crippen LogP contribution in [0.5, 0.6) is 11.5 Å². The Balaban J connectivity index is 2.26. The van der Waals surface area contributed by atoms with E-state index in [9.17, 15) is 14.6 Å². The summed E-state index contributed by atoms with van der Waals surface area (Å²) >= 11 is 0. The number of halogens is 1. The monoisotopic (exact) mass is 244 g/mol. The summed E-state index contributed by atoms with van der Waals surface area (Å²) in [6.07, 6.45) is 0. The average molecular weight is 244 g/mol. The smallest absolute Gasteiger partial charge is 0.168 e. The van der Waals surface area contributed by atoms with Gasteiger partial charge in [-0.25, -0.2) is 9.37 Å². The summed E-state index contributed by atoms with van der Waals surface area (Å²) in [7, 11) is 0. The highest BCUT2D eigenvalue weighted by Crippen LogP contribution is 2.35. The van der Waals surface area contributed by atoms with E-state index in [1.807, 2.05) is 0 Å². The number of aromatic amines is 1. The van der Waals surface area contributed by atoms with Gasteiger partial charge in [-0.3, -0.25) is 0 Å². The van der Waals surface area contributed by atoms with Crippen LogP contribution in [0.15, 0.2) is 36.4 Å². The lowest BCUT2D eigenvalue weighted by Gasteiger charge is -2.02. The number of rotatable bonds is 1. The van der Waals surface area contributed by atoms with Gasteiger partial charge in [0.2, 0.25) is 0 Å². The van der Waals surface area contributed by atoms with Crippen molar-refractivity contribution in [2.24, 2.45) is 0 Å². The summed E-state index contributed by atoms with van der Waals surface area (Å²) in [5.41, 5.74) is 1.06. The molecule has 0 atom stereocenters. The predicted octanol–water partition coefficient (Wildman–Crippen LogP) is 2.78. The second-order valence-corrected chi connectivity index (χ2v) is 3.89. The summed E-state index contributed by atoms with van der Waals surface area (Å²) in [4.78, 5) is 6.98. The maximum absolute atomic E-state index is 13.5. The molecule has 90 valence electrons. The zero-order valence-corrected chi connectivity index (χ0v) is 9.18. The Hall–Kier alpha value is -2.56. The number of benzene rings is 2. The number of fused-ring (bicyclic) bond motifs is 1. The first-order chi connectivity index (χ1) is 8.66. The van der Waals surface area contributed by atoms with E-state index in [2.05, 4.69) is 9.97 Å². The van der Waals surface area contributed by atoms with Crippen molar-refractivity contribution in [2.45, 2.75) is 0 Å². The normalized spacial score (nSPS) is 10.9. The van der Waals surface area contributed by atoms with Gasteiger partial charge in [-0.2, -0.15) is 0 Å². The van der Waals surface area contributed by atoms with Gasteiger partial charge >= 0.3 is 0 Å². The fraction of sp³-hybridized carbons (Fsp3) is 0. The van der Waals surface area contributed by atoms with Crippen LogP contribution in [0.25, 0.3) is 22.4 Å². The lowest BCUT2D eigenvalue weighted by atomic mass is 10.2. The van der Waals surface area contributed by atoms with Crippen molar-refractivity contribution < 1.29 is 14.6 Å². The van der Waals surface area contributed by atoms with Gasteiger partial charge in [0.15, 0.2) is 17.3 Å². The quantitative estimate of drug-likeness (QED) is 0.576. The number of phenolic OH excluding ortho intramolecular Hbond substituents is 2. The topological polar surface area (TPSA) is 69.1 Å². The van der Waals surface area contributed by atoms with Crippen LogP contribution in [-0.2, 0) is 0 Å². The molecule has 0 unspecified atom stereocenters. The summed E-state index contributed by atoms with van der Waals surface area (Å²) in [5.74, 6) is -0.650. The zero-order chi connectivity index (χ0) is 12.7. The molecule has 18 heavy (non-hydrogen) atoms. The Morgan fingerprint density at radius 3 is 2.61 bits per heavy atom. The third-order valence-electron chi connectivity index (χ3n) is 2.73. The largest absolute Gasteiger partial charge is 0.504 e. The number of imidazole rings is 1. The number of hydrogen-bond donors (Lipinski definition) is 3. The SMILES string of the molecule is Oc1cccc(-c2nc3c(F)cccc3[nH]2)c1O. The highest BCUT2D eigenvalue weighted by atomic mass is 19.1. The molecule has 0 saturated carbocycles. The van der Waals surface area contributed by atoms with Crippen LogP contribution < -0.4 is 0 Å². The number of hydrogen-bond acceptors (Lipinski definition) is 3.